The molecule has 3 rings (SSSR count). The van der Waals surface area contributed by atoms with Crippen LogP contribution in [0.2, 0.25) is 0 Å². The fourth-order valence-electron chi connectivity index (χ4n) is 2.54. The van der Waals surface area contributed by atoms with E-state index in [1.54, 1.807) is 14.2 Å². The number of aromatic nitrogens is 2. The number of hydrogen-bond acceptors (Lipinski definition) is 6. The highest BCUT2D eigenvalue weighted by Crippen LogP contribution is 2.34. The van der Waals surface area contributed by atoms with E-state index in [0.717, 1.165) is 16.8 Å². The van der Waals surface area contributed by atoms with E-state index in [9.17, 15) is 0 Å². The van der Waals surface area contributed by atoms with Gasteiger partial charge in [-0.3, -0.25) is 0 Å². The van der Waals surface area contributed by atoms with Crippen LogP contribution >= 0.6 is 0 Å². The van der Waals surface area contributed by atoms with Crippen molar-refractivity contribution < 1.29 is 13.9 Å². The summed E-state index contributed by atoms with van der Waals surface area (Å²) < 4.78 is 16.5. The monoisotopic (exact) mass is 339 g/mol. The third kappa shape index (κ3) is 3.57. The van der Waals surface area contributed by atoms with E-state index in [4.69, 9.17) is 13.9 Å². The van der Waals surface area contributed by atoms with Gasteiger partial charge in [0.25, 0.3) is 0 Å². The first-order valence-electron chi connectivity index (χ1n) is 8.00. The smallest absolute Gasteiger partial charge is 0.247 e. The number of benzene rings is 2. The summed E-state index contributed by atoms with van der Waals surface area (Å²) >= 11 is 0. The summed E-state index contributed by atoms with van der Waals surface area (Å²) in [5.74, 6) is 2.39. The van der Waals surface area contributed by atoms with Crippen LogP contribution in [0, 0.1) is 6.92 Å². The summed E-state index contributed by atoms with van der Waals surface area (Å²) in [6, 6.07) is 13.4. The first-order valence-corrected chi connectivity index (χ1v) is 8.00. The number of nitrogens with one attached hydrogen (secondary N) is 1. The molecule has 0 saturated heterocycles. The first kappa shape index (κ1) is 16.8. The predicted molar refractivity (Wildman–Crippen MR) is 96.1 cm³/mol. The fourth-order valence-corrected chi connectivity index (χ4v) is 2.54. The van der Waals surface area contributed by atoms with Gasteiger partial charge in [0.05, 0.1) is 14.2 Å². The molecule has 0 spiro atoms. The molecule has 0 bridgehead atoms. The molecule has 6 heteroatoms. The summed E-state index contributed by atoms with van der Waals surface area (Å²) in [4.78, 5) is 0. The highest BCUT2D eigenvalue weighted by molar-refractivity contribution is 5.60. The Morgan fingerprint density at radius 2 is 1.68 bits per heavy atom. The van der Waals surface area contributed by atoms with Crippen molar-refractivity contribution in [2.45, 2.75) is 19.9 Å². The van der Waals surface area contributed by atoms with Gasteiger partial charge in [0.15, 0.2) is 11.5 Å². The number of ether oxygens (including phenoxy) is 2. The number of rotatable bonds is 6. The van der Waals surface area contributed by atoms with E-state index >= 15 is 0 Å². The van der Waals surface area contributed by atoms with E-state index in [0.29, 0.717) is 23.3 Å². The molecule has 0 amide bonds. The number of nitrogens with zero attached hydrogens (tertiary/aromatic N) is 2. The second kappa shape index (κ2) is 7.25. The Morgan fingerprint density at radius 3 is 2.36 bits per heavy atom. The molecule has 0 aliphatic rings. The van der Waals surface area contributed by atoms with Gasteiger partial charge in [0.2, 0.25) is 11.8 Å². The van der Waals surface area contributed by atoms with E-state index in [2.05, 4.69) is 15.5 Å². The van der Waals surface area contributed by atoms with Gasteiger partial charge in [0.1, 0.15) is 6.04 Å². The van der Waals surface area contributed by atoms with Crippen LogP contribution in [0.5, 0.6) is 11.5 Å². The normalized spacial score (nSPS) is 11.8. The molecule has 0 aliphatic heterocycles. The summed E-state index contributed by atoms with van der Waals surface area (Å²) in [6.07, 6.45) is 0. The van der Waals surface area contributed by atoms with Gasteiger partial charge < -0.3 is 19.2 Å². The zero-order valence-corrected chi connectivity index (χ0v) is 14.7. The standard InChI is InChI=1S/C19H21N3O3/c1-12-10-16(23-3)17(24-4)11-15(12)20-13(2)18-21-22-19(25-18)14-8-6-5-7-9-14/h5-11,13,20H,1-4H3/t13-/m0/s1. The molecule has 1 aromatic heterocycles. The molecule has 1 N–H and O–H groups in total. The SMILES string of the molecule is COc1cc(C)c(N[C@@H](C)c2nnc(-c3ccccc3)o2)cc1OC. The van der Waals surface area contributed by atoms with Crippen molar-refractivity contribution >= 4 is 5.69 Å². The molecule has 25 heavy (non-hydrogen) atoms. The summed E-state index contributed by atoms with van der Waals surface area (Å²) in [5.41, 5.74) is 2.85. The number of aryl methyl sites for hydroxylation is 1. The third-order valence-corrected chi connectivity index (χ3v) is 3.93. The largest absolute Gasteiger partial charge is 0.493 e. The van der Waals surface area contributed by atoms with E-state index in [-0.39, 0.29) is 6.04 Å². The molecular formula is C19H21N3O3. The molecule has 1 heterocycles. The summed E-state index contributed by atoms with van der Waals surface area (Å²) in [5, 5.41) is 11.7. The quantitative estimate of drug-likeness (QED) is 0.724. The van der Waals surface area contributed by atoms with Gasteiger partial charge in [-0.1, -0.05) is 18.2 Å². The second-order valence-corrected chi connectivity index (χ2v) is 5.70. The van der Waals surface area contributed by atoms with E-state index < -0.39 is 0 Å². The van der Waals surface area contributed by atoms with Gasteiger partial charge >= 0.3 is 0 Å². The minimum Gasteiger partial charge on any atom is -0.493 e. The number of anilines is 1. The zero-order valence-electron chi connectivity index (χ0n) is 14.7. The topological polar surface area (TPSA) is 69.4 Å². The maximum absolute atomic E-state index is 5.80. The van der Waals surface area contributed by atoms with Crippen molar-refractivity contribution in [3.63, 3.8) is 0 Å². The Hall–Kier alpha value is -3.02. The molecule has 0 saturated carbocycles. The number of hydrogen-bond donors (Lipinski definition) is 1. The zero-order chi connectivity index (χ0) is 17.8. The van der Waals surface area contributed by atoms with Gasteiger partial charge in [-0.05, 0) is 37.6 Å². The fraction of sp³-hybridized carbons (Fsp3) is 0.263. The van der Waals surface area contributed by atoms with Gasteiger partial charge in [-0.15, -0.1) is 10.2 Å². The predicted octanol–water partition coefficient (Wildman–Crippen LogP) is 4.24. The maximum Gasteiger partial charge on any atom is 0.247 e. The Morgan fingerprint density at radius 1 is 1.00 bits per heavy atom. The summed E-state index contributed by atoms with van der Waals surface area (Å²) in [6.45, 7) is 3.97. The second-order valence-electron chi connectivity index (χ2n) is 5.70. The van der Waals surface area contributed by atoms with Crippen molar-refractivity contribution in [2.24, 2.45) is 0 Å². The Balaban J connectivity index is 1.81. The Labute approximate surface area is 146 Å². The Bertz CT molecular complexity index is 846. The lowest BCUT2D eigenvalue weighted by Crippen LogP contribution is -2.08. The van der Waals surface area contributed by atoms with Crippen LogP contribution in [0.3, 0.4) is 0 Å². The van der Waals surface area contributed by atoms with Crippen LogP contribution in [-0.2, 0) is 0 Å². The minimum atomic E-state index is -0.151. The molecule has 0 unspecified atom stereocenters. The minimum absolute atomic E-state index is 0.151. The van der Waals surface area contributed by atoms with Crippen LogP contribution in [-0.4, -0.2) is 24.4 Å². The van der Waals surface area contributed by atoms with Crippen molar-refractivity contribution in [3.8, 4) is 23.0 Å². The maximum atomic E-state index is 5.80. The van der Waals surface area contributed by atoms with E-state index in [1.165, 1.54) is 0 Å². The molecule has 6 nitrogen and oxygen atoms in total. The van der Waals surface area contributed by atoms with Gasteiger partial charge in [-0.2, -0.15) is 0 Å². The average Bonchev–Trinajstić information content (AvgIpc) is 3.14. The van der Waals surface area contributed by atoms with Gasteiger partial charge in [0, 0.05) is 17.3 Å². The van der Waals surface area contributed by atoms with E-state index in [1.807, 2.05) is 56.3 Å². The van der Waals surface area contributed by atoms with Crippen molar-refractivity contribution in [3.05, 3.63) is 53.9 Å². The molecule has 3 aromatic rings. The van der Waals surface area contributed by atoms with Gasteiger partial charge in [-0.25, -0.2) is 0 Å². The van der Waals surface area contributed by atoms with Crippen molar-refractivity contribution in [1.82, 2.24) is 10.2 Å². The summed E-state index contributed by atoms with van der Waals surface area (Å²) in [7, 11) is 3.24. The van der Waals surface area contributed by atoms with Crippen LogP contribution in [0.25, 0.3) is 11.5 Å². The highest BCUT2D eigenvalue weighted by atomic mass is 16.5. The lowest BCUT2D eigenvalue weighted by Gasteiger charge is -2.16. The Kier molecular flexibility index (Phi) is 4.88. The third-order valence-electron chi connectivity index (χ3n) is 3.93. The number of methoxy groups -OCH3 is 2. The molecule has 0 fully saturated rings. The van der Waals surface area contributed by atoms with Crippen molar-refractivity contribution in [1.29, 1.82) is 0 Å². The molecule has 0 radical (unpaired) electrons. The highest BCUT2D eigenvalue weighted by Gasteiger charge is 2.17. The van der Waals surface area contributed by atoms with Crippen LogP contribution < -0.4 is 14.8 Å². The van der Waals surface area contributed by atoms with Crippen LogP contribution in [0.15, 0.2) is 46.9 Å². The molecule has 0 aliphatic carbocycles. The average molecular weight is 339 g/mol. The van der Waals surface area contributed by atoms with Crippen LogP contribution in [0.4, 0.5) is 5.69 Å². The molecule has 2 aromatic carbocycles. The van der Waals surface area contributed by atoms with Crippen LogP contribution in [0.1, 0.15) is 24.4 Å². The molecular weight excluding hydrogens is 318 g/mol. The lowest BCUT2D eigenvalue weighted by molar-refractivity contribution is 0.355. The molecule has 130 valence electrons. The lowest BCUT2D eigenvalue weighted by atomic mass is 10.1. The van der Waals surface area contributed by atoms with Crippen molar-refractivity contribution in [2.75, 3.05) is 19.5 Å². The molecule has 1 atom stereocenters. The first-order chi connectivity index (χ1) is 12.1.